The van der Waals surface area contributed by atoms with E-state index in [1.807, 2.05) is 0 Å². The average molecular weight is 664 g/mol. The minimum Gasteiger partial charge on any atom is -0.383 e. The number of carbonyl (C=O) groups is 1. The zero-order valence-corrected chi connectivity index (χ0v) is 30.7. The van der Waals surface area contributed by atoms with Crippen LogP contribution in [0.4, 0.5) is 11.4 Å². The Kier molecular flexibility index (Phi) is 9.26. The maximum Gasteiger partial charge on any atom is 0.210 e. The molecule has 4 nitrogen and oxygen atoms in total. The summed E-state index contributed by atoms with van der Waals surface area (Å²) in [6.45, 7) is 13.5. The minimum absolute atomic E-state index is 0.141. The van der Waals surface area contributed by atoms with Gasteiger partial charge < -0.3 is 14.4 Å². The number of ether oxygens (including phenoxy) is 1. The zero-order valence-electron chi connectivity index (χ0n) is 30.7. The Morgan fingerprint density at radius 1 is 0.840 bits per heavy atom. The normalized spacial score (nSPS) is 19.6. The highest BCUT2D eigenvalue weighted by Crippen LogP contribution is 2.51. The minimum atomic E-state index is -0.167. The second kappa shape index (κ2) is 13.6. The fraction of sp³-hybridized carbons (Fsp3) is 0.348. The van der Waals surface area contributed by atoms with Gasteiger partial charge in [-0.05, 0) is 96.5 Å². The van der Waals surface area contributed by atoms with Gasteiger partial charge in [0, 0.05) is 61.0 Å². The molecule has 0 bridgehead atoms. The molecule has 0 aromatic heterocycles. The maximum atomic E-state index is 11.9. The Morgan fingerprint density at radius 3 is 2.26 bits per heavy atom. The van der Waals surface area contributed by atoms with Crippen LogP contribution in [0.15, 0.2) is 120 Å². The highest BCUT2D eigenvalue weighted by molar-refractivity contribution is 6.07. The molecule has 4 aromatic rings. The van der Waals surface area contributed by atoms with Gasteiger partial charge in [0.2, 0.25) is 5.69 Å². The van der Waals surface area contributed by atoms with Crippen molar-refractivity contribution in [2.24, 2.45) is 0 Å². The molecule has 0 fully saturated rings. The van der Waals surface area contributed by atoms with Crippen LogP contribution in [0.2, 0.25) is 0 Å². The molecule has 0 unspecified atom stereocenters. The quantitative estimate of drug-likeness (QED) is 0.158. The number of allylic oxidation sites excluding steroid dienone is 8. The lowest BCUT2D eigenvalue weighted by molar-refractivity contribution is -0.438. The van der Waals surface area contributed by atoms with Gasteiger partial charge in [0.05, 0.1) is 12.0 Å². The fourth-order valence-corrected chi connectivity index (χ4v) is 8.74. The van der Waals surface area contributed by atoms with Crippen molar-refractivity contribution in [2.45, 2.75) is 77.6 Å². The van der Waals surface area contributed by atoms with Crippen LogP contribution in [0.3, 0.4) is 0 Å². The van der Waals surface area contributed by atoms with Crippen LogP contribution in [0.1, 0.15) is 77.8 Å². The van der Waals surface area contributed by atoms with E-state index in [0.717, 1.165) is 38.8 Å². The van der Waals surface area contributed by atoms with Gasteiger partial charge in [0.25, 0.3) is 0 Å². The van der Waals surface area contributed by atoms with E-state index >= 15 is 0 Å². The molecule has 0 amide bonds. The summed E-state index contributed by atoms with van der Waals surface area (Å²) in [5, 5.41) is 5.20. The first kappa shape index (κ1) is 33.9. The predicted molar refractivity (Wildman–Crippen MR) is 210 cm³/mol. The number of Topliss-reactive ketones (excluding diaryl/α,β-unsaturated/α-hetero) is 1. The van der Waals surface area contributed by atoms with Crippen molar-refractivity contribution < 1.29 is 14.1 Å². The van der Waals surface area contributed by atoms with E-state index < -0.39 is 0 Å². The number of methoxy groups -OCH3 is 1. The molecule has 0 radical (unpaired) electrons. The Morgan fingerprint density at radius 2 is 1.54 bits per heavy atom. The van der Waals surface area contributed by atoms with Gasteiger partial charge in [0.15, 0.2) is 5.71 Å². The van der Waals surface area contributed by atoms with E-state index in [1.54, 1.807) is 14.0 Å². The summed E-state index contributed by atoms with van der Waals surface area (Å²) in [6.07, 6.45) is 16.6. The van der Waals surface area contributed by atoms with Crippen LogP contribution in [-0.2, 0) is 20.4 Å². The van der Waals surface area contributed by atoms with Crippen molar-refractivity contribution >= 4 is 44.4 Å². The first-order valence-corrected chi connectivity index (χ1v) is 18.4. The van der Waals surface area contributed by atoms with Crippen molar-refractivity contribution in [3.8, 4) is 0 Å². The predicted octanol–water partition coefficient (Wildman–Crippen LogP) is 10.7. The third-order valence-corrected chi connectivity index (χ3v) is 11.1. The Hall–Kier alpha value is -4.54. The number of hydrogen-bond acceptors (Lipinski definition) is 3. The number of hydrogen-bond donors (Lipinski definition) is 0. The highest BCUT2D eigenvalue weighted by atomic mass is 16.5. The van der Waals surface area contributed by atoms with Gasteiger partial charge >= 0.3 is 0 Å². The summed E-state index contributed by atoms with van der Waals surface area (Å²) in [7, 11) is 1.78. The summed E-state index contributed by atoms with van der Waals surface area (Å²) in [5.74, 6) is 0.251. The monoisotopic (exact) mass is 663 g/mol. The molecule has 2 heterocycles. The first-order valence-electron chi connectivity index (χ1n) is 18.4. The highest BCUT2D eigenvalue weighted by Gasteiger charge is 2.45. The van der Waals surface area contributed by atoms with E-state index in [1.165, 1.54) is 66.6 Å². The number of nitrogens with zero attached hydrogens (tertiary/aromatic N) is 2. The molecule has 50 heavy (non-hydrogen) atoms. The molecule has 0 atom stereocenters. The lowest BCUT2D eigenvalue weighted by Gasteiger charge is -2.27. The van der Waals surface area contributed by atoms with E-state index in [2.05, 4.69) is 140 Å². The Balaban J connectivity index is 1.23. The zero-order chi connectivity index (χ0) is 35.0. The molecule has 7 rings (SSSR count). The molecular formula is C46H51N2O2+. The van der Waals surface area contributed by atoms with E-state index in [0.29, 0.717) is 13.0 Å². The van der Waals surface area contributed by atoms with Gasteiger partial charge in [0.1, 0.15) is 12.3 Å². The Labute approximate surface area is 298 Å². The molecule has 1 aliphatic carbocycles. The summed E-state index contributed by atoms with van der Waals surface area (Å²) < 4.78 is 8.05. The van der Waals surface area contributed by atoms with Gasteiger partial charge in [-0.3, -0.25) is 0 Å². The lowest BCUT2D eigenvalue weighted by Crippen LogP contribution is -2.28. The van der Waals surface area contributed by atoms with Crippen LogP contribution < -0.4 is 4.90 Å². The van der Waals surface area contributed by atoms with Crippen molar-refractivity contribution in [2.75, 3.05) is 31.7 Å². The number of anilines is 1. The topological polar surface area (TPSA) is 32.5 Å². The SMILES string of the molecule is COCCN1/C(=C\C=C2C=C(/C=C/C3=[N+](CCCC(C)=O)c4ccc5ccccc5c4C3(C)C)CCC\2)C(C)(C)c2c1ccc1ccccc21. The average Bonchev–Trinajstić information content (AvgIpc) is 3.47. The third-order valence-electron chi connectivity index (χ3n) is 11.1. The van der Waals surface area contributed by atoms with Crippen molar-refractivity contribution in [1.82, 2.24) is 0 Å². The smallest absolute Gasteiger partial charge is 0.210 e. The van der Waals surface area contributed by atoms with Gasteiger partial charge in [-0.15, -0.1) is 0 Å². The van der Waals surface area contributed by atoms with Crippen LogP contribution in [0.5, 0.6) is 0 Å². The number of benzene rings is 4. The fourth-order valence-electron chi connectivity index (χ4n) is 8.74. The van der Waals surface area contributed by atoms with Gasteiger partial charge in [-0.1, -0.05) is 86.7 Å². The number of fused-ring (bicyclic) bond motifs is 6. The molecule has 4 aromatic carbocycles. The Bertz CT molecular complexity index is 2140. The van der Waals surface area contributed by atoms with Gasteiger partial charge in [-0.2, -0.15) is 4.58 Å². The van der Waals surface area contributed by atoms with Crippen LogP contribution >= 0.6 is 0 Å². The number of rotatable bonds is 10. The van der Waals surface area contributed by atoms with E-state index in [-0.39, 0.29) is 16.6 Å². The second-order valence-electron chi connectivity index (χ2n) is 15.3. The first-order chi connectivity index (χ1) is 24.1. The molecule has 2 aliphatic heterocycles. The number of carbonyl (C=O) groups excluding carboxylic acids is 1. The molecule has 0 N–H and O–H groups in total. The summed E-state index contributed by atoms with van der Waals surface area (Å²) >= 11 is 0. The molecule has 0 spiro atoms. The van der Waals surface area contributed by atoms with Crippen LogP contribution in [-0.4, -0.2) is 42.9 Å². The standard InChI is InChI=1S/C46H51N2O2/c1-32(49)13-12-28-47-39-24-22-35-16-7-9-18-37(35)43(39)45(2,3)41(47)26-20-33-14-11-15-34(31-33)21-27-42-46(4,5)44-38-19-10-8-17-36(38)23-25-40(44)48(42)29-30-50-6/h7-10,16-27,31H,11-15,28-30H2,1-6H3/q+1. The van der Waals surface area contributed by atoms with Crippen LogP contribution in [0.25, 0.3) is 21.5 Å². The molecule has 256 valence electrons. The summed E-state index contributed by atoms with van der Waals surface area (Å²) in [6, 6.07) is 26.6. The third kappa shape index (κ3) is 6.09. The molecular weight excluding hydrogens is 613 g/mol. The molecule has 0 saturated heterocycles. The van der Waals surface area contributed by atoms with Gasteiger partial charge in [-0.25, -0.2) is 0 Å². The molecule has 3 aliphatic rings. The van der Waals surface area contributed by atoms with E-state index in [4.69, 9.17) is 4.74 Å². The number of ketones is 1. The maximum absolute atomic E-state index is 11.9. The second-order valence-corrected chi connectivity index (χ2v) is 15.3. The lowest BCUT2D eigenvalue weighted by atomic mass is 9.79. The summed E-state index contributed by atoms with van der Waals surface area (Å²) in [5.41, 5.74) is 10.4. The van der Waals surface area contributed by atoms with Crippen molar-refractivity contribution in [3.05, 3.63) is 131 Å². The summed E-state index contributed by atoms with van der Waals surface area (Å²) in [4.78, 5) is 14.4. The van der Waals surface area contributed by atoms with E-state index in [9.17, 15) is 4.79 Å². The van der Waals surface area contributed by atoms with Crippen LogP contribution in [0, 0.1) is 0 Å². The van der Waals surface area contributed by atoms with Crippen molar-refractivity contribution in [1.29, 1.82) is 0 Å². The van der Waals surface area contributed by atoms with Crippen molar-refractivity contribution in [3.63, 3.8) is 0 Å². The molecule has 0 saturated carbocycles. The molecule has 4 heteroatoms. The largest absolute Gasteiger partial charge is 0.383 e.